The van der Waals surface area contributed by atoms with Crippen molar-refractivity contribution in [2.24, 2.45) is 0 Å². The molecular formula is C13H15ClF2N2OS. The van der Waals surface area contributed by atoms with Gasteiger partial charge in [0.1, 0.15) is 11.3 Å². The van der Waals surface area contributed by atoms with Crippen LogP contribution in [-0.4, -0.2) is 31.6 Å². The molecule has 1 aromatic heterocycles. The average molecular weight is 321 g/mol. The van der Waals surface area contributed by atoms with Crippen LogP contribution >= 0.6 is 11.6 Å². The molecule has 0 aliphatic carbocycles. The van der Waals surface area contributed by atoms with Crippen LogP contribution in [0, 0.1) is 11.6 Å². The standard InChI is InChI=1S/C13H15ClF2N2OS/c1-8(7-20(2)19)18-11(5-6-14)17-10-4-3-9(15)12(16)13(10)18/h3-4,8H,5-7H2,1-2H3. The summed E-state index contributed by atoms with van der Waals surface area (Å²) in [6, 6.07) is 2.25. The van der Waals surface area contributed by atoms with E-state index in [1.54, 1.807) is 10.8 Å². The molecule has 2 atom stereocenters. The van der Waals surface area contributed by atoms with E-state index in [0.29, 0.717) is 29.4 Å². The number of aromatic nitrogens is 2. The van der Waals surface area contributed by atoms with Gasteiger partial charge in [0.15, 0.2) is 11.6 Å². The van der Waals surface area contributed by atoms with Gasteiger partial charge >= 0.3 is 0 Å². The van der Waals surface area contributed by atoms with E-state index in [2.05, 4.69) is 4.98 Å². The molecule has 0 amide bonds. The second-order valence-electron chi connectivity index (χ2n) is 4.65. The summed E-state index contributed by atoms with van der Waals surface area (Å²) in [7, 11) is -1.05. The van der Waals surface area contributed by atoms with Crippen molar-refractivity contribution in [3.8, 4) is 0 Å². The van der Waals surface area contributed by atoms with Gasteiger partial charge in [-0.3, -0.25) is 4.21 Å². The van der Waals surface area contributed by atoms with Gasteiger partial charge in [0.2, 0.25) is 0 Å². The van der Waals surface area contributed by atoms with E-state index in [1.165, 1.54) is 6.07 Å². The van der Waals surface area contributed by atoms with Gasteiger partial charge in [-0.25, -0.2) is 13.8 Å². The fourth-order valence-corrected chi connectivity index (χ4v) is 3.32. The van der Waals surface area contributed by atoms with Gasteiger partial charge in [-0.15, -0.1) is 11.6 Å². The molecule has 2 unspecified atom stereocenters. The molecule has 3 nitrogen and oxygen atoms in total. The smallest absolute Gasteiger partial charge is 0.184 e. The van der Waals surface area contributed by atoms with Crippen molar-refractivity contribution in [1.82, 2.24) is 9.55 Å². The minimum Gasteiger partial charge on any atom is -0.322 e. The second-order valence-corrected chi connectivity index (χ2v) is 6.51. The van der Waals surface area contributed by atoms with Crippen molar-refractivity contribution < 1.29 is 13.0 Å². The number of aryl methyl sites for hydroxylation is 1. The summed E-state index contributed by atoms with van der Waals surface area (Å²) in [6.45, 7) is 1.81. The number of rotatable bonds is 5. The lowest BCUT2D eigenvalue weighted by molar-refractivity contribution is 0.504. The van der Waals surface area contributed by atoms with Crippen molar-refractivity contribution >= 4 is 33.4 Å². The molecule has 0 saturated heterocycles. The van der Waals surface area contributed by atoms with Crippen LogP contribution < -0.4 is 0 Å². The Morgan fingerprint density at radius 1 is 1.45 bits per heavy atom. The fraction of sp³-hybridized carbons (Fsp3) is 0.462. The van der Waals surface area contributed by atoms with Crippen LogP contribution in [0.3, 0.4) is 0 Å². The summed E-state index contributed by atoms with van der Waals surface area (Å²) in [5, 5.41) is 0. The van der Waals surface area contributed by atoms with Crippen LogP contribution in [0.4, 0.5) is 8.78 Å². The molecule has 0 spiro atoms. The maximum atomic E-state index is 14.1. The first-order valence-electron chi connectivity index (χ1n) is 6.16. The first kappa shape index (κ1) is 15.4. The highest BCUT2D eigenvalue weighted by Crippen LogP contribution is 2.26. The average Bonchev–Trinajstić information content (AvgIpc) is 2.73. The summed E-state index contributed by atoms with van der Waals surface area (Å²) in [5.74, 6) is -0.589. The molecule has 1 aromatic carbocycles. The van der Waals surface area contributed by atoms with E-state index in [1.807, 2.05) is 6.92 Å². The number of alkyl halides is 1. The predicted octanol–water partition coefficient (Wildman–Crippen LogP) is 3.04. The van der Waals surface area contributed by atoms with Crippen LogP contribution in [0.1, 0.15) is 18.8 Å². The third-order valence-corrected chi connectivity index (χ3v) is 4.19. The van der Waals surface area contributed by atoms with E-state index < -0.39 is 22.4 Å². The van der Waals surface area contributed by atoms with Crippen molar-refractivity contribution in [2.45, 2.75) is 19.4 Å². The van der Waals surface area contributed by atoms with Gasteiger partial charge < -0.3 is 4.57 Å². The van der Waals surface area contributed by atoms with E-state index in [4.69, 9.17) is 11.6 Å². The summed E-state index contributed by atoms with van der Waals surface area (Å²) in [5.41, 5.74) is 0.501. The van der Waals surface area contributed by atoms with Crippen molar-refractivity contribution in [3.05, 3.63) is 29.6 Å². The zero-order valence-electron chi connectivity index (χ0n) is 11.2. The Balaban J connectivity index is 2.66. The molecule has 0 fully saturated rings. The summed E-state index contributed by atoms with van der Waals surface area (Å²) in [4.78, 5) is 4.31. The van der Waals surface area contributed by atoms with Crippen LogP contribution in [-0.2, 0) is 17.2 Å². The minimum absolute atomic E-state index is 0.114. The molecular weight excluding hydrogens is 306 g/mol. The van der Waals surface area contributed by atoms with Gasteiger partial charge in [-0.05, 0) is 19.1 Å². The Morgan fingerprint density at radius 3 is 2.75 bits per heavy atom. The quantitative estimate of drug-likeness (QED) is 0.794. The Labute approximate surface area is 123 Å². The molecule has 2 aromatic rings. The first-order chi connectivity index (χ1) is 9.45. The molecule has 1 heterocycles. The monoisotopic (exact) mass is 320 g/mol. The van der Waals surface area contributed by atoms with E-state index >= 15 is 0 Å². The Hall–Kier alpha value is -1.01. The number of imidazole rings is 1. The van der Waals surface area contributed by atoms with Crippen molar-refractivity contribution in [2.75, 3.05) is 17.9 Å². The highest BCUT2D eigenvalue weighted by atomic mass is 35.5. The predicted molar refractivity (Wildman–Crippen MR) is 77.7 cm³/mol. The third-order valence-electron chi connectivity index (χ3n) is 3.05. The highest BCUT2D eigenvalue weighted by molar-refractivity contribution is 7.84. The normalized spacial score (nSPS) is 14.7. The number of fused-ring (bicyclic) bond motifs is 1. The summed E-state index contributed by atoms with van der Waals surface area (Å²) in [6.07, 6.45) is 2.02. The number of halogens is 3. The van der Waals surface area contributed by atoms with E-state index in [0.717, 1.165) is 6.07 Å². The lowest BCUT2D eigenvalue weighted by Gasteiger charge is -2.16. The molecule has 0 radical (unpaired) electrons. The Kier molecular flexibility index (Phi) is 4.75. The molecule has 110 valence electrons. The van der Waals surface area contributed by atoms with Gasteiger partial charge in [0, 0.05) is 41.2 Å². The second kappa shape index (κ2) is 6.18. The number of hydrogen-bond donors (Lipinski definition) is 0. The zero-order valence-corrected chi connectivity index (χ0v) is 12.8. The fourth-order valence-electron chi connectivity index (χ4n) is 2.32. The molecule has 0 aliphatic rings. The molecule has 7 heteroatoms. The number of nitrogens with zero attached hydrogens (tertiary/aromatic N) is 2. The summed E-state index contributed by atoms with van der Waals surface area (Å²) >= 11 is 5.74. The third kappa shape index (κ3) is 2.86. The molecule has 0 aliphatic heterocycles. The zero-order chi connectivity index (χ0) is 14.9. The van der Waals surface area contributed by atoms with Gasteiger partial charge in [-0.1, -0.05) is 0 Å². The number of hydrogen-bond acceptors (Lipinski definition) is 2. The lowest BCUT2D eigenvalue weighted by atomic mass is 10.2. The number of benzene rings is 1. The SMILES string of the molecule is CC(CS(C)=O)n1c(CCCl)nc2ccc(F)c(F)c21. The maximum absolute atomic E-state index is 14.1. The first-order valence-corrected chi connectivity index (χ1v) is 8.42. The van der Waals surface area contributed by atoms with Gasteiger partial charge in [-0.2, -0.15) is 0 Å². The van der Waals surface area contributed by atoms with Crippen LogP contribution in [0.5, 0.6) is 0 Å². The van der Waals surface area contributed by atoms with E-state index in [9.17, 15) is 13.0 Å². The molecule has 20 heavy (non-hydrogen) atoms. The topological polar surface area (TPSA) is 34.9 Å². The van der Waals surface area contributed by atoms with Crippen molar-refractivity contribution in [3.63, 3.8) is 0 Å². The molecule has 2 rings (SSSR count). The minimum atomic E-state index is -1.05. The highest BCUT2D eigenvalue weighted by Gasteiger charge is 2.21. The summed E-state index contributed by atoms with van der Waals surface area (Å²) < 4.78 is 40.5. The van der Waals surface area contributed by atoms with Gasteiger partial charge in [0.25, 0.3) is 0 Å². The molecule has 0 saturated carbocycles. The Morgan fingerprint density at radius 2 is 2.15 bits per heavy atom. The van der Waals surface area contributed by atoms with Crippen LogP contribution in [0.15, 0.2) is 12.1 Å². The molecule has 0 bridgehead atoms. The van der Waals surface area contributed by atoms with Gasteiger partial charge in [0.05, 0.1) is 5.52 Å². The lowest BCUT2D eigenvalue weighted by Crippen LogP contribution is -2.16. The van der Waals surface area contributed by atoms with Crippen LogP contribution in [0.2, 0.25) is 0 Å². The van der Waals surface area contributed by atoms with E-state index in [-0.39, 0.29) is 11.6 Å². The largest absolute Gasteiger partial charge is 0.322 e. The van der Waals surface area contributed by atoms with Crippen LogP contribution in [0.25, 0.3) is 11.0 Å². The van der Waals surface area contributed by atoms with Crippen molar-refractivity contribution in [1.29, 1.82) is 0 Å². The maximum Gasteiger partial charge on any atom is 0.184 e. The molecule has 0 N–H and O–H groups in total. The Bertz CT molecular complexity index is 659.